The Morgan fingerprint density at radius 1 is 1.22 bits per heavy atom. The fraction of sp³-hybridized carbons (Fsp3) is 0.273. The number of likely N-dealkylation sites (N-methyl/N-ethyl adjacent to an activating group) is 1. The fourth-order valence-electron chi connectivity index (χ4n) is 3.37. The first-order valence-electron chi connectivity index (χ1n) is 10.2. The Labute approximate surface area is 185 Å². The quantitative estimate of drug-likeness (QED) is 0.450. The van der Waals surface area contributed by atoms with Crippen molar-refractivity contribution in [2.45, 2.75) is 13.3 Å². The van der Waals surface area contributed by atoms with E-state index in [1.807, 2.05) is 13.0 Å². The number of carbonyl (C=O) groups is 2. The zero-order valence-electron chi connectivity index (χ0n) is 18.2. The van der Waals surface area contributed by atoms with E-state index in [9.17, 15) is 9.59 Å². The van der Waals surface area contributed by atoms with E-state index in [0.29, 0.717) is 30.2 Å². The average Bonchev–Trinajstić information content (AvgIpc) is 3.16. The first-order valence-corrected chi connectivity index (χ1v) is 10.2. The summed E-state index contributed by atoms with van der Waals surface area (Å²) in [5.41, 5.74) is 3.31. The second-order valence-electron chi connectivity index (χ2n) is 7.43. The fourth-order valence-corrected chi connectivity index (χ4v) is 3.37. The van der Waals surface area contributed by atoms with Crippen molar-refractivity contribution in [1.29, 1.82) is 0 Å². The highest BCUT2D eigenvalue weighted by Gasteiger charge is 2.27. The summed E-state index contributed by atoms with van der Waals surface area (Å²) >= 11 is 0. The van der Waals surface area contributed by atoms with Crippen molar-refractivity contribution in [3.8, 4) is 11.4 Å². The predicted octanol–water partition coefficient (Wildman–Crippen LogP) is 1.44. The van der Waals surface area contributed by atoms with Crippen LogP contribution < -0.4 is 10.6 Å². The minimum Gasteiger partial charge on any atom is -0.383 e. The van der Waals surface area contributed by atoms with Gasteiger partial charge in [0.05, 0.1) is 5.57 Å². The minimum absolute atomic E-state index is 0.153. The van der Waals surface area contributed by atoms with Crippen LogP contribution in [0.1, 0.15) is 12.0 Å². The van der Waals surface area contributed by atoms with E-state index >= 15 is 0 Å². The smallest absolute Gasteiger partial charge is 0.272 e. The highest BCUT2D eigenvalue weighted by molar-refractivity contribution is 6.20. The molecule has 3 aromatic heterocycles. The molecule has 1 aliphatic heterocycles. The molecule has 32 heavy (non-hydrogen) atoms. The van der Waals surface area contributed by atoms with Gasteiger partial charge in [0.2, 0.25) is 0 Å². The molecule has 0 saturated carbocycles. The van der Waals surface area contributed by atoms with Crippen molar-refractivity contribution in [2.75, 3.05) is 32.5 Å². The maximum atomic E-state index is 13.0. The summed E-state index contributed by atoms with van der Waals surface area (Å²) in [6.07, 6.45) is 7.57. The van der Waals surface area contributed by atoms with Crippen molar-refractivity contribution in [2.24, 2.45) is 4.99 Å². The first kappa shape index (κ1) is 21.2. The number of hydrogen-bond acceptors (Lipinski definition) is 7. The summed E-state index contributed by atoms with van der Waals surface area (Å²) in [6.45, 7) is 3.32. The SMILES string of the molecule is C/N=C\C(C(=O)N1CCC1)=C(/NC)C(=O)Nc1ccn2nc(-c3cncc(C)c3)nc2c1. The average molecular weight is 432 g/mol. The van der Waals surface area contributed by atoms with Gasteiger partial charge in [0, 0.05) is 69.3 Å². The van der Waals surface area contributed by atoms with Gasteiger partial charge < -0.3 is 15.5 Å². The number of hydrogen-bond donors (Lipinski definition) is 2. The second kappa shape index (κ2) is 8.96. The topological polar surface area (TPSA) is 117 Å². The number of aryl methyl sites for hydroxylation is 1. The molecule has 0 atom stereocenters. The molecule has 1 fully saturated rings. The van der Waals surface area contributed by atoms with Gasteiger partial charge in [0.1, 0.15) is 5.70 Å². The number of likely N-dealkylation sites (tertiary alicyclic amines) is 1. The number of aromatic nitrogens is 4. The summed E-state index contributed by atoms with van der Waals surface area (Å²) in [6, 6.07) is 5.39. The molecule has 4 rings (SSSR count). The maximum Gasteiger partial charge on any atom is 0.272 e. The Hall–Kier alpha value is -4.08. The summed E-state index contributed by atoms with van der Waals surface area (Å²) in [5, 5.41) is 10.1. The lowest BCUT2D eigenvalue weighted by Crippen LogP contribution is -2.44. The van der Waals surface area contributed by atoms with Crippen molar-refractivity contribution < 1.29 is 9.59 Å². The molecule has 0 radical (unpaired) electrons. The van der Waals surface area contributed by atoms with Crippen molar-refractivity contribution in [1.82, 2.24) is 29.8 Å². The number of anilines is 1. The van der Waals surface area contributed by atoms with Crippen LogP contribution in [-0.4, -0.2) is 69.7 Å². The summed E-state index contributed by atoms with van der Waals surface area (Å²) < 4.78 is 1.63. The highest BCUT2D eigenvalue weighted by atomic mass is 16.2. The number of carbonyl (C=O) groups excluding carboxylic acids is 2. The number of rotatable bonds is 6. The molecule has 1 saturated heterocycles. The van der Waals surface area contributed by atoms with Gasteiger partial charge >= 0.3 is 0 Å². The van der Waals surface area contributed by atoms with E-state index in [-0.39, 0.29) is 17.2 Å². The third kappa shape index (κ3) is 4.20. The Morgan fingerprint density at radius 3 is 2.69 bits per heavy atom. The minimum atomic E-state index is -0.441. The number of nitrogens with one attached hydrogen (secondary N) is 2. The molecule has 2 N–H and O–H groups in total. The molecule has 1 aliphatic rings. The molecular weight excluding hydrogens is 408 g/mol. The second-order valence-corrected chi connectivity index (χ2v) is 7.43. The van der Waals surface area contributed by atoms with Gasteiger partial charge in [0.15, 0.2) is 11.5 Å². The first-order chi connectivity index (χ1) is 15.5. The lowest BCUT2D eigenvalue weighted by atomic mass is 10.1. The van der Waals surface area contributed by atoms with Gasteiger partial charge in [-0.05, 0) is 31.0 Å². The lowest BCUT2D eigenvalue weighted by Gasteiger charge is -2.31. The Balaban J connectivity index is 1.61. The number of fused-ring (bicyclic) bond motifs is 1. The van der Waals surface area contributed by atoms with Crippen LogP contribution in [0, 0.1) is 6.92 Å². The van der Waals surface area contributed by atoms with E-state index in [0.717, 1.165) is 17.5 Å². The standard InChI is InChI=1S/C22H24N8O2/c1-14-9-15(12-25-11-14)20-27-18-10-16(5-8-30(18)28-20)26-21(31)19(24-3)17(13-23-2)22(32)29-6-4-7-29/h5,8-13,24H,4,6-7H2,1-3H3,(H,26,31)/b19-17+,23-13-. The molecule has 10 heteroatoms. The normalized spacial score (nSPS) is 14.3. The van der Waals surface area contributed by atoms with Crippen LogP contribution in [0.25, 0.3) is 17.0 Å². The summed E-state index contributed by atoms with van der Waals surface area (Å²) in [7, 11) is 3.17. The van der Waals surface area contributed by atoms with Crippen LogP contribution in [0.3, 0.4) is 0 Å². The summed E-state index contributed by atoms with van der Waals surface area (Å²) in [5.74, 6) is -0.115. The molecule has 4 heterocycles. The monoisotopic (exact) mass is 432 g/mol. The third-order valence-corrected chi connectivity index (χ3v) is 5.11. The van der Waals surface area contributed by atoms with Crippen molar-refractivity contribution in [3.63, 3.8) is 0 Å². The number of aliphatic imine (C=N–C) groups is 1. The maximum absolute atomic E-state index is 13.0. The molecule has 164 valence electrons. The summed E-state index contributed by atoms with van der Waals surface area (Å²) in [4.78, 5) is 40.1. The van der Waals surface area contributed by atoms with Gasteiger partial charge in [0.25, 0.3) is 11.8 Å². The Bertz CT molecular complexity index is 1240. The molecular formula is C22H24N8O2. The predicted molar refractivity (Wildman–Crippen MR) is 121 cm³/mol. The lowest BCUT2D eigenvalue weighted by molar-refractivity contribution is -0.130. The molecule has 2 amide bonds. The molecule has 10 nitrogen and oxygen atoms in total. The van der Waals surface area contributed by atoms with Crippen LogP contribution >= 0.6 is 0 Å². The zero-order chi connectivity index (χ0) is 22.7. The van der Waals surface area contributed by atoms with E-state index in [1.54, 1.807) is 54.2 Å². The van der Waals surface area contributed by atoms with Gasteiger partial charge in [-0.25, -0.2) is 9.50 Å². The van der Waals surface area contributed by atoms with Gasteiger partial charge in [-0.15, -0.1) is 5.10 Å². The molecule has 0 unspecified atom stereocenters. The molecule has 0 spiro atoms. The Kier molecular flexibility index (Phi) is 5.93. The third-order valence-electron chi connectivity index (χ3n) is 5.11. The van der Waals surface area contributed by atoms with Crippen molar-refractivity contribution in [3.05, 3.63) is 53.6 Å². The van der Waals surface area contributed by atoms with E-state index in [1.165, 1.54) is 6.21 Å². The molecule has 0 bridgehead atoms. The molecule has 0 aromatic carbocycles. The number of amides is 2. The van der Waals surface area contributed by atoms with Crippen LogP contribution in [0.2, 0.25) is 0 Å². The van der Waals surface area contributed by atoms with Gasteiger partial charge in [-0.1, -0.05) is 0 Å². The van der Waals surface area contributed by atoms with Crippen LogP contribution in [-0.2, 0) is 9.59 Å². The zero-order valence-corrected chi connectivity index (χ0v) is 18.2. The van der Waals surface area contributed by atoms with E-state index < -0.39 is 5.91 Å². The number of nitrogens with zero attached hydrogens (tertiary/aromatic N) is 6. The number of pyridine rings is 2. The highest BCUT2D eigenvalue weighted by Crippen LogP contribution is 2.19. The van der Waals surface area contributed by atoms with E-state index in [2.05, 4.69) is 30.7 Å². The van der Waals surface area contributed by atoms with Crippen molar-refractivity contribution >= 4 is 29.4 Å². The van der Waals surface area contributed by atoms with Crippen LogP contribution in [0.4, 0.5) is 5.69 Å². The van der Waals surface area contributed by atoms with E-state index in [4.69, 9.17) is 0 Å². The van der Waals surface area contributed by atoms with Gasteiger partial charge in [-0.3, -0.25) is 19.6 Å². The van der Waals surface area contributed by atoms with Crippen LogP contribution in [0.15, 0.2) is 53.1 Å². The Morgan fingerprint density at radius 2 is 2.03 bits per heavy atom. The van der Waals surface area contributed by atoms with Crippen LogP contribution in [0.5, 0.6) is 0 Å². The largest absolute Gasteiger partial charge is 0.383 e. The van der Waals surface area contributed by atoms with Gasteiger partial charge in [-0.2, -0.15) is 0 Å². The molecule has 0 aliphatic carbocycles. The molecule has 3 aromatic rings.